The van der Waals surface area contributed by atoms with Crippen molar-refractivity contribution < 1.29 is 65.9 Å². The Kier molecular flexibility index (Phi) is 25.5. The zero-order valence-corrected chi connectivity index (χ0v) is 58.0. The van der Waals surface area contributed by atoms with Gasteiger partial charge in [-0.1, -0.05) is 111 Å². The molecule has 3 aliphatic carbocycles. The number of benzene rings is 1. The average Bonchev–Trinajstić information content (AvgIpc) is 1.43. The highest BCUT2D eigenvalue weighted by Crippen LogP contribution is 2.40. The maximum Gasteiger partial charge on any atom is 0.417 e. The van der Waals surface area contributed by atoms with E-state index in [1.54, 1.807) is 20.8 Å². The van der Waals surface area contributed by atoms with Crippen LogP contribution in [0.3, 0.4) is 0 Å². The van der Waals surface area contributed by atoms with Crippen molar-refractivity contribution in [3.63, 3.8) is 0 Å². The van der Waals surface area contributed by atoms with E-state index in [1.807, 2.05) is 27.7 Å². The first kappa shape index (κ1) is 74.9. The predicted octanol–water partition coefficient (Wildman–Crippen LogP) is 6.09. The van der Waals surface area contributed by atoms with Gasteiger partial charge in [0, 0.05) is 60.8 Å². The lowest BCUT2D eigenvalue weighted by atomic mass is 9.84. The molecule has 6 fully saturated rings. The molecule has 10 atom stereocenters. The molecule has 1 aromatic rings. The zero-order chi connectivity index (χ0) is 69.4. The highest BCUT2D eigenvalue weighted by molar-refractivity contribution is 6.31. The number of fused-ring (bicyclic) bond motifs is 2. The molecule has 1 aromatic carbocycles. The lowest BCUT2D eigenvalue weighted by Gasteiger charge is -2.46. The maximum absolute atomic E-state index is 15.1. The number of aryl methyl sites for hydroxylation is 1. The van der Waals surface area contributed by atoms with Crippen LogP contribution in [-0.2, 0) is 65.3 Å². The second kappa shape index (κ2) is 32.0. The Balaban J connectivity index is 1.25. The largest absolute Gasteiger partial charge is 0.417 e. The number of carbonyl (C=O) groups excluding carboxylic acids is 11. The van der Waals surface area contributed by atoms with Crippen molar-refractivity contribution in [1.29, 1.82) is 0 Å². The SMILES string of the molecule is CC[C@H](C)[C@@H]1NC(=O)[C@H](CC(C)C)N(C)C(=O)C[C@@H](C)NC(=O)[C@H](C(C)C)N(C)C(=O)C2(CCCC2)NC(=O)[C@@H]2CCCN2C(=O)[C@H](CCc2ccc(C(F)(F)F)c(Cl)c2)NC(=O)CN(C)C(=O)[C@H](CC2CCCCC2)N(C)C(=O)[C@@H]2CCN2C(=O)[C@H](C2CC2)N(C)C1=O. The number of alkyl halides is 3. The topological polar surface area (TPSA) is 259 Å². The van der Waals surface area contributed by atoms with Crippen LogP contribution in [0.2, 0.25) is 5.02 Å². The summed E-state index contributed by atoms with van der Waals surface area (Å²) >= 11 is 6.14. The molecule has 3 heterocycles. The number of nitrogens with zero attached hydrogens (tertiary/aromatic N) is 7. The van der Waals surface area contributed by atoms with Crippen LogP contribution in [0.4, 0.5) is 13.2 Å². The van der Waals surface area contributed by atoms with Crippen molar-refractivity contribution in [2.45, 2.75) is 243 Å². The Bertz CT molecular complexity index is 2950. The Labute approximate surface area is 557 Å². The summed E-state index contributed by atoms with van der Waals surface area (Å²) in [6.45, 7) is 12.3. The van der Waals surface area contributed by atoms with Crippen LogP contribution in [0, 0.1) is 29.6 Å². The molecule has 3 saturated carbocycles. The minimum absolute atomic E-state index is 0.0422. The van der Waals surface area contributed by atoms with Gasteiger partial charge in [0.2, 0.25) is 65.0 Å². The monoisotopic (exact) mass is 1340 g/mol. The van der Waals surface area contributed by atoms with Gasteiger partial charge in [-0.2, -0.15) is 13.2 Å². The fraction of sp³-hybridized carbons (Fsp3) is 0.750. The molecular weight excluding hydrogens is 1240 g/mol. The second-order valence-electron chi connectivity index (χ2n) is 28.6. The summed E-state index contributed by atoms with van der Waals surface area (Å²) in [5.41, 5.74) is -2.24. The number of hydrogen-bond acceptors (Lipinski definition) is 11. The Morgan fingerprint density at radius 1 is 0.649 bits per heavy atom. The normalized spacial score (nSPS) is 28.6. The van der Waals surface area contributed by atoms with Crippen molar-refractivity contribution in [3.05, 3.63) is 34.3 Å². The van der Waals surface area contributed by atoms with Gasteiger partial charge < -0.3 is 55.6 Å². The molecule has 0 aromatic heterocycles. The molecule has 0 radical (unpaired) electrons. The van der Waals surface area contributed by atoms with Crippen molar-refractivity contribution >= 4 is 76.6 Å². The van der Waals surface area contributed by atoms with Crippen molar-refractivity contribution in [1.82, 2.24) is 55.6 Å². The van der Waals surface area contributed by atoms with Crippen molar-refractivity contribution in [3.8, 4) is 0 Å². The summed E-state index contributed by atoms with van der Waals surface area (Å²) < 4.78 is 41.4. The van der Waals surface area contributed by atoms with Gasteiger partial charge in [0.1, 0.15) is 53.9 Å². The van der Waals surface area contributed by atoms with Gasteiger partial charge in [0.05, 0.1) is 17.1 Å². The Morgan fingerprint density at radius 3 is 1.87 bits per heavy atom. The van der Waals surface area contributed by atoms with Crippen LogP contribution in [0.25, 0.3) is 0 Å². The van der Waals surface area contributed by atoms with Crippen LogP contribution in [0.15, 0.2) is 18.2 Å². The summed E-state index contributed by atoms with van der Waals surface area (Å²) in [4.78, 5) is 172. The van der Waals surface area contributed by atoms with E-state index in [4.69, 9.17) is 11.6 Å². The van der Waals surface area contributed by atoms with Crippen LogP contribution >= 0.6 is 11.6 Å². The van der Waals surface area contributed by atoms with E-state index >= 15 is 9.59 Å². The summed E-state index contributed by atoms with van der Waals surface area (Å²) in [5.74, 6) is -7.54. The fourth-order valence-electron chi connectivity index (χ4n) is 14.7. The van der Waals surface area contributed by atoms with Gasteiger partial charge in [0.25, 0.3) is 0 Å². The van der Waals surface area contributed by atoms with E-state index in [9.17, 15) is 56.3 Å². The Morgan fingerprint density at radius 2 is 1.30 bits per heavy atom. The number of amides is 11. The molecule has 1 spiro atoms. The number of hydrogen-bond donors (Lipinski definition) is 4. The predicted molar refractivity (Wildman–Crippen MR) is 347 cm³/mol. The third kappa shape index (κ3) is 17.7. The Hall–Kier alpha value is -6.53. The fourth-order valence-corrected chi connectivity index (χ4v) is 15.1. The highest BCUT2D eigenvalue weighted by Gasteiger charge is 2.52. The molecule has 22 nitrogen and oxygen atoms in total. The molecule has 0 bridgehead atoms. The quantitative estimate of drug-likeness (QED) is 0.197. The summed E-state index contributed by atoms with van der Waals surface area (Å²) in [6.07, 6.45) is 3.74. The summed E-state index contributed by atoms with van der Waals surface area (Å²) in [6, 6.07) is -6.50. The van der Waals surface area contributed by atoms with Gasteiger partial charge in [-0.05, 0) is 125 Å². The molecule has 4 N–H and O–H groups in total. The average molecular weight is 1340 g/mol. The smallest absolute Gasteiger partial charge is 0.351 e. The minimum Gasteiger partial charge on any atom is -0.351 e. The van der Waals surface area contributed by atoms with E-state index in [2.05, 4.69) is 21.3 Å². The van der Waals surface area contributed by atoms with E-state index in [0.717, 1.165) is 44.2 Å². The molecule has 26 heteroatoms. The number of carbonyl (C=O) groups is 11. The standard InChI is InChI=1S/C68H103ClF3N11O11/c1-13-41(6)55-64(92)80(11)57(45-25-26-45)65(93)83-33-29-50(83)63(91)79(10)52(37-43-20-15-14-16-21-43)62(90)77(8)38-53(84)74-48(28-24-44-23-27-46(47(69)36-44)68(70,71)72)61(89)82-32-19-22-49(82)59(87)76-67(30-17-18-31-67)66(94)81(12)56(40(4)5)60(88)73-42(7)35-54(85)78(9)51(34-39(2)3)58(86)75-55/h23,27,36,39-43,45,48-52,55-57H,13-22,24-26,28-35,37-38H2,1-12H3,(H,73,88)(H,74,84)(H,75,86)(H,76,87)/t41-,42+,48-,49-,50-,51-,52-,55-,56-,57-/m0/s1. The summed E-state index contributed by atoms with van der Waals surface area (Å²) in [7, 11) is 7.43. The molecular formula is C68H103ClF3N11O11. The molecule has 524 valence electrons. The molecule has 11 amide bonds. The second-order valence-corrected chi connectivity index (χ2v) is 29.1. The third-order valence-electron chi connectivity index (χ3n) is 20.7. The highest BCUT2D eigenvalue weighted by atomic mass is 35.5. The van der Waals surface area contributed by atoms with E-state index in [0.29, 0.717) is 44.1 Å². The zero-order valence-electron chi connectivity index (χ0n) is 57.2. The number of nitrogens with one attached hydrogen (secondary N) is 4. The maximum atomic E-state index is 15.1. The molecule has 3 saturated heterocycles. The van der Waals surface area contributed by atoms with Gasteiger partial charge in [-0.3, -0.25) is 52.7 Å². The van der Waals surface area contributed by atoms with E-state index in [1.165, 1.54) is 75.6 Å². The first-order valence-electron chi connectivity index (χ1n) is 34.2. The lowest BCUT2D eigenvalue weighted by molar-refractivity contribution is -0.161. The van der Waals surface area contributed by atoms with Gasteiger partial charge in [-0.15, -0.1) is 0 Å². The third-order valence-corrected chi connectivity index (χ3v) is 21.0. The first-order valence-corrected chi connectivity index (χ1v) is 34.6. The molecule has 7 rings (SSSR count). The van der Waals surface area contributed by atoms with E-state index in [-0.39, 0.29) is 88.6 Å². The minimum atomic E-state index is -4.74. The van der Waals surface area contributed by atoms with Crippen LogP contribution in [-0.4, -0.2) is 214 Å². The number of rotatable bonds is 11. The van der Waals surface area contributed by atoms with Crippen molar-refractivity contribution in [2.24, 2.45) is 29.6 Å². The molecule has 3 aliphatic heterocycles. The van der Waals surface area contributed by atoms with Gasteiger partial charge in [0.15, 0.2) is 0 Å². The number of halogens is 4. The van der Waals surface area contributed by atoms with E-state index < -0.39 is 160 Å². The van der Waals surface area contributed by atoms with Crippen LogP contribution < -0.4 is 21.3 Å². The molecule has 94 heavy (non-hydrogen) atoms. The van der Waals surface area contributed by atoms with Crippen LogP contribution in [0.1, 0.15) is 182 Å². The van der Waals surface area contributed by atoms with Crippen LogP contribution in [0.5, 0.6) is 0 Å². The first-order chi connectivity index (χ1) is 44.2. The molecule has 0 unspecified atom stereocenters. The van der Waals surface area contributed by atoms with Crippen molar-refractivity contribution in [2.75, 3.05) is 54.9 Å². The molecule has 6 aliphatic rings. The lowest BCUT2D eigenvalue weighted by Crippen LogP contribution is -2.65. The van der Waals surface area contributed by atoms with Gasteiger partial charge in [-0.25, -0.2) is 0 Å². The van der Waals surface area contributed by atoms with Gasteiger partial charge >= 0.3 is 6.18 Å². The summed E-state index contributed by atoms with van der Waals surface area (Å²) in [5, 5.41) is 11.1. The number of likely N-dealkylation sites (N-methyl/N-ethyl adjacent to an activating group) is 5.